The fourth-order valence-corrected chi connectivity index (χ4v) is 2.71. The number of para-hydroxylation sites is 1. The SMILES string of the molecule is CC(CCO)CNC(=O)NCc1nc2ccccc2s1. The number of benzene rings is 1. The lowest BCUT2D eigenvalue weighted by atomic mass is 10.1. The number of amides is 2. The lowest BCUT2D eigenvalue weighted by Crippen LogP contribution is -2.37. The van der Waals surface area contributed by atoms with Crippen molar-refractivity contribution in [3.8, 4) is 0 Å². The Kier molecular flexibility index (Phi) is 5.31. The van der Waals surface area contributed by atoms with Crippen LogP contribution in [0, 0.1) is 5.92 Å². The molecule has 2 amide bonds. The monoisotopic (exact) mass is 293 g/mol. The van der Waals surface area contributed by atoms with E-state index in [1.165, 1.54) is 0 Å². The van der Waals surface area contributed by atoms with Gasteiger partial charge in [0.1, 0.15) is 5.01 Å². The Hall–Kier alpha value is -1.66. The summed E-state index contributed by atoms with van der Waals surface area (Å²) in [7, 11) is 0. The molecule has 1 unspecified atom stereocenters. The van der Waals surface area contributed by atoms with Gasteiger partial charge < -0.3 is 15.7 Å². The van der Waals surface area contributed by atoms with E-state index in [0.717, 1.165) is 15.2 Å². The van der Waals surface area contributed by atoms with Crippen LogP contribution >= 0.6 is 11.3 Å². The Labute approximate surface area is 122 Å². The number of carbonyl (C=O) groups is 1. The minimum absolute atomic E-state index is 0.149. The molecule has 0 aliphatic carbocycles. The van der Waals surface area contributed by atoms with Gasteiger partial charge in [0.05, 0.1) is 16.8 Å². The molecule has 1 aromatic carbocycles. The van der Waals surface area contributed by atoms with E-state index in [1.54, 1.807) is 11.3 Å². The van der Waals surface area contributed by atoms with Gasteiger partial charge in [-0.3, -0.25) is 0 Å². The summed E-state index contributed by atoms with van der Waals surface area (Å²) in [6.07, 6.45) is 0.693. The van der Waals surface area contributed by atoms with Crippen LogP contribution in [0.25, 0.3) is 10.2 Å². The normalized spacial score (nSPS) is 12.3. The van der Waals surface area contributed by atoms with Gasteiger partial charge >= 0.3 is 6.03 Å². The third-order valence-electron chi connectivity index (χ3n) is 2.97. The van der Waals surface area contributed by atoms with E-state index in [1.807, 2.05) is 31.2 Å². The Morgan fingerprint density at radius 2 is 2.20 bits per heavy atom. The van der Waals surface area contributed by atoms with Crippen molar-refractivity contribution in [2.75, 3.05) is 13.2 Å². The molecule has 2 rings (SSSR count). The summed E-state index contributed by atoms with van der Waals surface area (Å²) in [4.78, 5) is 16.1. The zero-order valence-electron chi connectivity index (χ0n) is 11.4. The fraction of sp³-hybridized carbons (Fsp3) is 0.429. The summed E-state index contributed by atoms with van der Waals surface area (Å²) < 4.78 is 1.13. The lowest BCUT2D eigenvalue weighted by molar-refractivity contribution is 0.233. The van der Waals surface area contributed by atoms with Crippen LogP contribution in [0.1, 0.15) is 18.4 Å². The maximum Gasteiger partial charge on any atom is 0.315 e. The zero-order valence-corrected chi connectivity index (χ0v) is 12.2. The van der Waals surface area contributed by atoms with Crippen LogP contribution < -0.4 is 10.6 Å². The van der Waals surface area contributed by atoms with E-state index in [9.17, 15) is 4.79 Å². The second-order valence-electron chi connectivity index (χ2n) is 4.76. The molecule has 6 heteroatoms. The van der Waals surface area contributed by atoms with Gasteiger partial charge in [0, 0.05) is 13.2 Å². The number of rotatable bonds is 6. The number of aromatic nitrogens is 1. The largest absolute Gasteiger partial charge is 0.396 e. The van der Waals surface area contributed by atoms with Crippen LogP contribution in [-0.4, -0.2) is 29.3 Å². The molecule has 5 nitrogen and oxygen atoms in total. The zero-order chi connectivity index (χ0) is 14.4. The van der Waals surface area contributed by atoms with E-state index in [-0.39, 0.29) is 18.6 Å². The van der Waals surface area contributed by atoms with Gasteiger partial charge in [0.15, 0.2) is 0 Å². The highest BCUT2D eigenvalue weighted by molar-refractivity contribution is 7.18. The summed E-state index contributed by atoms with van der Waals surface area (Å²) in [6, 6.07) is 7.72. The minimum Gasteiger partial charge on any atom is -0.396 e. The lowest BCUT2D eigenvalue weighted by Gasteiger charge is -2.11. The molecule has 1 atom stereocenters. The topological polar surface area (TPSA) is 74.2 Å². The van der Waals surface area contributed by atoms with Crippen LogP contribution in [0.3, 0.4) is 0 Å². The number of fused-ring (bicyclic) bond motifs is 1. The van der Waals surface area contributed by atoms with Gasteiger partial charge in [-0.15, -0.1) is 11.3 Å². The van der Waals surface area contributed by atoms with Gasteiger partial charge in [0.25, 0.3) is 0 Å². The molecule has 0 aliphatic rings. The predicted octanol–water partition coefficient (Wildman–Crippen LogP) is 2.11. The molecule has 0 radical (unpaired) electrons. The van der Waals surface area contributed by atoms with E-state index in [0.29, 0.717) is 19.5 Å². The van der Waals surface area contributed by atoms with Crippen LogP contribution in [0.2, 0.25) is 0 Å². The molecule has 0 saturated carbocycles. The maximum absolute atomic E-state index is 11.6. The molecule has 0 saturated heterocycles. The molecular weight excluding hydrogens is 274 g/mol. The second-order valence-corrected chi connectivity index (χ2v) is 5.87. The van der Waals surface area contributed by atoms with E-state index in [2.05, 4.69) is 15.6 Å². The van der Waals surface area contributed by atoms with Crippen LogP contribution in [0.4, 0.5) is 4.79 Å². The van der Waals surface area contributed by atoms with E-state index >= 15 is 0 Å². The average Bonchev–Trinajstić information content (AvgIpc) is 2.86. The summed E-state index contributed by atoms with van der Waals surface area (Å²) in [5, 5.41) is 15.3. The average molecular weight is 293 g/mol. The summed E-state index contributed by atoms with van der Waals surface area (Å²) in [6.45, 7) is 3.13. The van der Waals surface area contributed by atoms with Gasteiger partial charge in [-0.05, 0) is 24.5 Å². The Morgan fingerprint density at radius 3 is 2.95 bits per heavy atom. The number of hydrogen-bond acceptors (Lipinski definition) is 4. The number of nitrogens with one attached hydrogen (secondary N) is 2. The number of aliphatic hydroxyl groups is 1. The number of urea groups is 1. The van der Waals surface area contributed by atoms with Crippen molar-refractivity contribution in [2.45, 2.75) is 19.9 Å². The van der Waals surface area contributed by atoms with Gasteiger partial charge in [-0.25, -0.2) is 9.78 Å². The number of nitrogens with zero attached hydrogens (tertiary/aromatic N) is 1. The Balaban J connectivity index is 1.78. The first-order valence-corrected chi connectivity index (χ1v) is 7.47. The van der Waals surface area contributed by atoms with E-state index in [4.69, 9.17) is 5.11 Å². The number of thiazole rings is 1. The first kappa shape index (κ1) is 14.7. The Morgan fingerprint density at radius 1 is 1.40 bits per heavy atom. The third-order valence-corrected chi connectivity index (χ3v) is 4.01. The van der Waals surface area contributed by atoms with Crippen molar-refractivity contribution in [2.24, 2.45) is 5.92 Å². The van der Waals surface area contributed by atoms with E-state index < -0.39 is 0 Å². The van der Waals surface area contributed by atoms with Gasteiger partial charge in [0.2, 0.25) is 0 Å². The number of carbonyl (C=O) groups excluding carboxylic acids is 1. The maximum atomic E-state index is 11.6. The Bertz CT molecular complexity index is 537. The van der Waals surface area contributed by atoms with Gasteiger partial charge in [-0.1, -0.05) is 19.1 Å². The molecule has 20 heavy (non-hydrogen) atoms. The standard InChI is InChI=1S/C14H19N3O2S/c1-10(6-7-18)8-15-14(19)16-9-13-17-11-4-2-3-5-12(11)20-13/h2-5,10,18H,6-9H2,1H3,(H2,15,16,19). The van der Waals surface area contributed by atoms with Crippen LogP contribution in [0.5, 0.6) is 0 Å². The third kappa shape index (κ3) is 4.18. The molecule has 0 aliphatic heterocycles. The van der Waals surface area contributed by atoms with Crippen molar-refractivity contribution in [3.63, 3.8) is 0 Å². The van der Waals surface area contributed by atoms with Crippen molar-refractivity contribution in [3.05, 3.63) is 29.3 Å². The van der Waals surface area contributed by atoms with Crippen LogP contribution in [0.15, 0.2) is 24.3 Å². The summed E-state index contributed by atoms with van der Waals surface area (Å²) >= 11 is 1.59. The van der Waals surface area contributed by atoms with Crippen molar-refractivity contribution < 1.29 is 9.90 Å². The molecular formula is C14H19N3O2S. The summed E-state index contributed by atoms with van der Waals surface area (Å²) in [5.41, 5.74) is 0.964. The van der Waals surface area contributed by atoms with Crippen LogP contribution in [-0.2, 0) is 6.54 Å². The first-order valence-electron chi connectivity index (χ1n) is 6.66. The minimum atomic E-state index is -0.200. The first-order chi connectivity index (χ1) is 9.69. The molecule has 0 fully saturated rings. The molecule has 0 bridgehead atoms. The summed E-state index contributed by atoms with van der Waals surface area (Å²) in [5.74, 6) is 0.271. The highest BCUT2D eigenvalue weighted by Crippen LogP contribution is 2.21. The van der Waals surface area contributed by atoms with Crippen molar-refractivity contribution in [1.82, 2.24) is 15.6 Å². The molecule has 1 heterocycles. The quantitative estimate of drug-likeness (QED) is 0.763. The second kappa shape index (κ2) is 7.21. The van der Waals surface area contributed by atoms with Crippen molar-refractivity contribution in [1.29, 1.82) is 0 Å². The highest BCUT2D eigenvalue weighted by Gasteiger charge is 2.07. The molecule has 3 N–H and O–H groups in total. The van der Waals surface area contributed by atoms with Crippen molar-refractivity contribution >= 4 is 27.6 Å². The molecule has 1 aromatic heterocycles. The fourth-order valence-electron chi connectivity index (χ4n) is 1.80. The smallest absolute Gasteiger partial charge is 0.315 e. The number of aliphatic hydroxyl groups excluding tert-OH is 1. The van der Waals surface area contributed by atoms with Gasteiger partial charge in [-0.2, -0.15) is 0 Å². The highest BCUT2D eigenvalue weighted by atomic mass is 32.1. The molecule has 108 valence electrons. The number of hydrogen-bond donors (Lipinski definition) is 3. The predicted molar refractivity (Wildman–Crippen MR) is 80.7 cm³/mol. The molecule has 2 aromatic rings. The molecule has 0 spiro atoms.